The molecule has 0 radical (unpaired) electrons. The van der Waals surface area contributed by atoms with Gasteiger partial charge in [0.05, 0.1) is 0 Å². The summed E-state index contributed by atoms with van der Waals surface area (Å²) in [6.07, 6.45) is 3.54. The van der Waals surface area contributed by atoms with Gasteiger partial charge in [0.25, 0.3) is 0 Å². The Hall–Kier alpha value is -2.75. The van der Waals surface area contributed by atoms with Gasteiger partial charge >= 0.3 is 0 Å². The number of H-pyrrole nitrogens is 1. The van der Waals surface area contributed by atoms with Crippen LogP contribution in [0.2, 0.25) is 0 Å². The van der Waals surface area contributed by atoms with Gasteiger partial charge in [-0.25, -0.2) is 4.39 Å². The highest BCUT2D eigenvalue weighted by molar-refractivity contribution is 5.74. The topological polar surface area (TPSA) is 90.3 Å². The smallest absolute Gasteiger partial charge is 0.216 e. The molecule has 3 rings (SSSR count). The molecule has 1 aromatic heterocycles. The number of benzene rings is 1. The molecule has 0 saturated heterocycles. The van der Waals surface area contributed by atoms with Crippen LogP contribution in [0.5, 0.6) is 0 Å². The van der Waals surface area contributed by atoms with Gasteiger partial charge < -0.3 is 5.32 Å². The van der Waals surface area contributed by atoms with Crippen LogP contribution in [0, 0.1) is 17.1 Å². The third-order valence-electron chi connectivity index (χ3n) is 3.10. The fraction of sp³-hybridized carbons (Fsp3) is 0.231. The van der Waals surface area contributed by atoms with Gasteiger partial charge in [0, 0.05) is 11.9 Å². The fourth-order valence-electron chi connectivity index (χ4n) is 1.92. The molecule has 0 atom stereocenters. The summed E-state index contributed by atoms with van der Waals surface area (Å²) in [7, 11) is 0. The zero-order valence-electron chi connectivity index (χ0n) is 10.5. The summed E-state index contributed by atoms with van der Waals surface area (Å²) in [5.41, 5.74) is 1.70. The van der Waals surface area contributed by atoms with Gasteiger partial charge in [-0.3, -0.25) is 0 Å². The molecule has 1 aliphatic rings. The van der Waals surface area contributed by atoms with Crippen molar-refractivity contribution in [3.63, 3.8) is 0 Å². The van der Waals surface area contributed by atoms with Gasteiger partial charge in [0.2, 0.25) is 5.82 Å². The first-order valence-corrected chi connectivity index (χ1v) is 6.18. The molecule has 20 heavy (non-hydrogen) atoms. The van der Waals surface area contributed by atoms with Gasteiger partial charge in [-0.05, 0) is 47.7 Å². The van der Waals surface area contributed by atoms with E-state index in [0.29, 0.717) is 5.92 Å². The average molecular weight is 270 g/mol. The van der Waals surface area contributed by atoms with Gasteiger partial charge in [-0.2, -0.15) is 10.5 Å². The van der Waals surface area contributed by atoms with Crippen LogP contribution in [0.25, 0.3) is 5.57 Å². The number of aromatic nitrogens is 4. The van der Waals surface area contributed by atoms with Crippen LogP contribution in [0.4, 0.5) is 10.1 Å². The molecule has 100 valence electrons. The van der Waals surface area contributed by atoms with Crippen molar-refractivity contribution in [3.05, 3.63) is 41.6 Å². The van der Waals surface area contributed by atoms with E-state index in [2.05, 4.69) is 25.9 Å². The van der Waals surface area contributed by atoms with E-state index < -0.39 is 0 Å². The number of nitrogens with zero attached hydrogens (tertiary/aromatic N) is 4. The van der Waals surface area contributed by atoms with Gasteiger partial charge in [0.1, 0.15) is 17.5 Å². The van der Waals surface area contributed by atoms with Gasteiger partial charge in [0.15, 0.2) is 0 Å². The van der Waals surface area contributed by atoms with E-state index in [1.165, 1.54) is 12.3 Å². The summed E-state index contributed by atoms with van der Waals surface area (Å²) in [4.78, 5) is 0. The van der Waals surface area contributed by atoms with Crippen LogP contribution in [0.3, 0.4) is 0 Å². The number of tetrazole rings is 1. The summed E-state index contributed by atoms with van der Waals surface area (Å²) in [5.74, 6) is 0.360. The van der Waals surface area contributed by atoms with Crippen LogP contribution in [0.1, 0.15) is 30.1 Å². The van der Waals surface area contributed by atoms with Crippen LogP contribution in [0.15, 0.2) is 24.4 Å². The average Bonchev–Trinajstić information content (AvgIpc) is 3.17. The van der Waals surface area contributed by atoms with Crippen LogP contribution in [-0.2, 0) is 0 Å². The van der Waals surface area contributed by atoms with E-state index in [1.54, 1.807) is 12.1 Å². The van der Waals surface area contributed by atoms with Gasteiger partial charge in [-0.1, -0.05) is 0 Å². The highest BCUT2D eigenvalue weighted by Gasteiger charge is 2.26. The van der Waals surface area contributed by atoms with Crippen molar-refractivity contribution >= 4 is 11.3 Å². The van der Waals surface area contributed by atoms with Crippen molar-refractivity contribution < 1.29 is 4.39 Å². The zero-order chi connectivity index (χ0) is 13.9. The van der Waals surface area contributed by atoms with Crippen molar-refractivity contribution in [1.29, 1.82) is 5.26 Å². The molecule has 1 saturated carbocycles. The second-order valence-electron chi connectivity index (χ2n) is 4.56. The largest absolute Gasteiger partial charge is 0.360 e. The molecule has 6 nitrogen and oxygen atoms in total. The first-order valence-electron chi connectivity index (χ1n) is 6.18. The Morgan fingerprint density at radius 3 is 3.00 bits per heavy atom. The van der Waals surface area contributed by atoms with Crippen LogP contribution < -0.4 is 5.32 Å². The van der Waals surface area contributed by atoms with Crippen molar-refractivity contribution in [2.24, 2.45) is 0 Å². The molecule has 1 aliphatic carbocycles. The maximum atomic E-state index is 13.6. The van der Waals surface area contributed by atoms with Crippen LogP contribution >= 0.6 is 0 Å². The van der Waals surface area contributed by atoms with E-state index in [0.717, 1.165) is 24.1 Å². The lowest BCUT2D eigenvalue weighted by atomic mass is 10.1. The van der Waals surface area contributed by atoms with Crippen molar-refractivity contribution in [1.82, 2.24) is 20.6 Å². The monoisotopic (exact) mass is 270 g/mol. The first-order chi connectivity index (χ1) is 9.78. The molecule has 1 aromatic carbocycles. The Balaban J connectivity index is 1.81. The SMILES string of the molecule is N#CC(=CNc1ccc(F)c(C2CC2)c1)c1nn[nH]n1. The number of nitriles is 1. The highest BCUT2D eigenvalue weighted by Crippen LogP contribution is 2.42. The number of nitrogens with one attached hydrogen (secondary N) is 2. The van der Waals surface area contributed by atoms with E-state index in [4.69, 9.17) is 5.26 Å². The number of hydrogen-bond acceptors (Lipinski definition) is 5. The Morgan fingerprint density at radius 2 is 2.35 bits per heavy atom. The molecule has 0 unspecified atom stereocenters. The van der Waals surface area contributed by atoms with Crippen molar-refractivity contribution in [3.8, 4) is 6.07 Å². The molecule has 7 heteroatoms. The lowest BCUT2D eigenvalue weighted by molar-refractivity contribution is 0.611. The second kappa shape index (κ2) is 5.09. The molecule has 1 heterocycles. The second-order valence-corrected chi connectivity index (χ2v) is 4.56. The molecule has 1 fully saturated rings. The Bertz CT molecular complexity index is 681. The number of allylic oxidation sites excluding steroid dienone is 1. The quantitative estimate of drug-likeness (QED) is 0.831. The molecule has 0 aliphatic heterocycles. The highest BCUT2D eigenvalue weighted by atomic mass is 19.1. The first kappa shape index (κ1) is 12.3. The van der Waals surface area contributed by atoms with E-state index in [9.17, 15) is 4.39 Å². The zero-order valence-corrected chi connectivity index (χ0v) is 10.5. The molecule has 0 bridgehead atoms. The minimum Gasteiger partial charge on any atom is -0.360 e. The third kappa shape index (κ3) is 2.49. The van der Waals surface area contributed by atoms with Crippen molar-refractivity contribution in [2.45, 2.75) is 18.8 Å². The molecular formula is C13H11FN6. The minimum absolute atomic E-state index is 0.180. The van der Waals surface area contributed by atoms with E-state index in [-0.39, 0.29) is 17.2 Å². The Kier molecular flexibility index (Phi) is 3.13. The lowest BCUT2D eigenvalue weighted by Gasteiger charge is -2.05. The lowest BCUT2D eigenvalue weighted by Crippen LogP contribution is -1.95. The van der Waals surface area contributed by atoms with Gasteiger partial charge in [-0.15, -0.1) is 10.2 Å². The number of rotatable bonds is 4. The summed E-state index contributed by atoms with van der Waals surface area (Å²) < 4.78 is 13.6. The summed E-state index contributed by atoms with van der Waals surface area (Å²) >= 11 is 0. The maximum Gasteiger partial charge on any atom is 0.216 e. The maximum absolute atomic E-state index is 13.6. The fourth-order valence-corrected chi connectivity index (χ4v) is 1.92. The van der Waals surface area contributed by atoms with Crippen molar-refractivity contribution in [2.75, 3.05) is 5.32 Å². The van der Waals surface area contributed by atoms with Crippen LogP contribution in [-0.4, -0.2) is 20.6 Å². The minimum atomic E-state index is -0.180. The number of halogens is 1. The number of aromatic amines is 1. The molecule has 2 N–H and O–H groups in total. The number of hydrogen-bond donors (Lipinski definition) is 2. The predicted molar refractivity (Wildman–Crippen MR) is 69.8 cm³/mol. The molecular weight excluding hydrogens is 259 g/mol. The predicted octanol–water partition coefficient (Wildman–Crippen LogP) is 2.19. The summed E-state index contributed by atoms with van der Waals surface area (Å²) in [6.45, 7) is 0. The summed E-state index contributed by atoms with van der Waals surface area (Å²) in [6, 6.07) is 6.81. The summed E-state index contributed by atoms with van der Waals surface area (Å²) in [5, 5.41) is 25.1. The van der Waals surface area contributed by atoms with E-state index in [1.807, 2.05) is 6.07 Å². The standard InChI is InChI=1S/C13H11FN6/c14-12-4-3-10(5-11(12)8-1-2-8)16-7-9(6-15)13-17-19-20-18-13/h3-5,7-8,16H,1-2H2,(H,17,18,19,20). The molecule has 2 aromatic rings. The normalized spacial score (nSPS) is 14.9. The molecule has 0 spiro atoms. The Morgan fingerprint density at radius 1 is 1.50 bits per heavy atom. The third-order valence-corrected chi connectivity index (χ3v) is 3.10. The number of anilines is 1. The Labute approximate surface area is 114 Å². The van der Waals surface area contributed by atoms with E-state index >= 15 is 0 Å². The molecule has 0 amide bonds.